The summed E-state index contributed by atoms with van der Waals surface area (Å²) in [4.78, 5) is 24.0. The van der Waals surface area contributed by atoms with Gasteiger partial charge in [-0.25, -0.2) is 0 Å². The van der Waals surface area contributed by atoms with Gasteiger partial charge in [-0.05, 0) is 56.0 Å². The largest absolute Gasteiger partial charge is 0.355 e. The molecule has 2 aliphatic rings. The van der Waals surface area contributed by atoms with E-state index in [4.69, 9.17) is 11.6 Å². The van der Waals surface area contributed by atoms with Gasteiger partial charge in [-0.1, -0.05) is 11.6 Å². The van der Waals surface area contributed by atoms with Crippen LogP contribution >= 0.6 is 24.0 Å². The van der Waals surface area contributed by atoms with E-state index >= 15 is 0 Å². The highest BCUT2D eigenvalue weighted by atomic mass is 35.5. The molecule has 23 heavy (non-hydrogen) atoms. The monoisotopic (exact) mass is 357 g/mol. The van der Waals surface area contributed by atoms with Crippen molar-refractivity contribution in [3.05, 3.63) is 28.8 Å². The van der Waals surface area contributed by atoms with Crippen molar-refractivity contribution >= 4 is 41.5 Å². The molecule has 1 saturated heterocycles. The summed E-state index contributed by atoms with van der Waals surface area (Å²) in [6.45, 7) is 1.99. The fraction of sp³-hybridized carbons (Fsp3) is 0.500. The Hall–Kier alpha value is -1.30. The van der Waals surface area contributed by atoms with Crippen molar-refractivity contribution in [1.29, 1.82) is 0 Å². The molecule has 0 bridgehead atoms. The van der Waals surface area contributed by atoms with Gasteiger partial charge in [0.1, 0.15) is 0 Å². The van der Waals surface area contributed by atoms with Gasteiger partial charge in [0.15, 0.2) is 0 Å². The molecular formula is C16H21Cl2N3O2. The molecule has 1 aromatic rings. The maximum atomic E-state index is 12.4. The number of piperidine rings is 1. The minimum Gasteiger partial charge on any atom is -0.355 e. The molecule has 2 amide bonds. The van der Waals surface area contributed by atoms with Crippen LogP contribution in [0.1, 0.15) is 29.6 Å². The highest BCUT2D eigenvalue weighted by Crippen LogP contribution is 2.58. The number of nitrogens with one attached hydrogen (secondary N) is 3. The van der Waals surface area contributed by atoms with E-state index < -0.39 is 0 Å². The molecule has 1 aliphatic heterocycles. The van der Waals surface area contributed by atoms with Gasteiger partial charge in [0.25, 0.3) is 5.91 Å². The first-order valence-electron chi connectivity index (χ1n) is 7.59. The van der Waals surface area contributed by atoms with Gasteiger partial charge in [-0.15, -0.1) is 12.4 Å². The number of halogens is 2. The SMILES string of the molecule is CNC(=O)c1ccc(NC(=O)C2CC23CCNCC3)cc1Cl.Cl. The van der Waals surface area contributed by atoms with E-state index in [1.165, 1.54) is 0 Å². The molecule has 3 rings (SSSR count). The van der Waals surface area contributed by atoms with Crippen LogP contribution in [0.25, 0.3) is 0 Å². The second-order valence-corrected chi connectivity index (χ2v) is 6.54. The molecule has 7 heteroatoms. The van der Waals surface area contributed by atoms with Crippen LogP contribution in [0, 0.1) is 11.3 Å². The molecule has 126 valence electrons. The molecule has 1 aliphatic carbocycles. The third-order valence-electron chi connectivity index (χ3n) is 4.81. The van der Waals surface area contributed by atoms with E-state index in [0.717, 1.165) is 32.4 Å². The van der Waals surface area contributed by atoms with Crippen molar-refractivity contribution in [2.45, 2.75) is 19.3 Å². The summed E-state index contributed by atoms with van der Waals surface area (Å²) in [6, 6.07) is 4.97. The topological polar surface area (TPSA) is 70.2 Å². The van der Waals surface area contributed by atoms with Gasteiger partial charge < -0.3 is 16.0 Å². The second kappa shape index (κ2) is 7.07. The summed E-state index contributed by atoms with van der Waals surface area (Å²) in [5.41, 5.74) is 1.25. The third kappa shape index (κ3) is 3.62. The number of amides is 2. The van der Waals surface area contributed by atoms with Crippen LogP contribution in [-0.2, 0) is 4.79 Å². The zero-order valence-corrected chi connectivity index (χ0v) is 14.5. The lowest BCUT2D eigenvalue weighted by Crippen LogP contribution is -2.31. The Balaban J connectivity index is 0.00000192. The zero-order valence-electron chi connectivity index (χ0n) is 12.9. The highest BCUT2D eigenvalue weighted by Gasteiger charge is 2.57. The Morgan fingerprint density at radius 3 is 2.61 bits per heavy atom. The molecule has 1 aromatic carbocycles. The lowest BCUT2D eigenvalue weighted by Gasteiger charge is -2.23. The Kier molecular flexibility index (Phi) is 5.55. The number of carbonyl (C=O) groups excluding carboxylic acids is 2. The summed E-state index contributed by atoms with van der Waals surface area (Å²) in [5, 5.41) is 9.13. The van der Waals surface area contributed by atoms with Crippen molar-refractivity contribution in [2.75, 3.05) is 25.5 Å². The molecule has 0 radical (unpaired) electrons. The lowest BCUT2D eigenvalue weighted by atomic mass is 9.92. The van der Waals surface area contributed by atoms with Gasteiger partial charge in [-0.3, -0.25) is 9.59 Å². The van der Waals surface area contributed by atoms with E-state index in [0.29, 0.717) is 16.3 Å². The lowest BCUT2D eigenvalue weighted by molar-refractivity contribution is -0.118. The van der Waals surface area contributed by atoms with E-state index in [1.54, 1.807) is 25.2 Å². The molecule has 1 heterocycles. The summed E-state index contributed by atoms with van der Waals surface area (Å²) in [5.74, 6) is -0.0728. The fourth-order valence-corrected chi connectivity index (χ4v) is 3.60. The van der Waals surface area contributed by atoms with Crippen LogP contribution in [0.4, 0.5) is 5.69 Å². The van der Waals surface area contributed by atoms with Crippen LogP contribution in [0.15, 0.2) is 18.2 Å². The first kappa shape index (κ1) is 18.0. The molecule has 2 fully saturated rings. The summed E-state index contributed by atoms with van der Waals surface area (Å²) >= 11 is 6.10. The first-order chi connectivity index (χ1) is 10.6. The number of benzene rings is 1. The van der Waals surface area contributed by atoms with E-state index in [-0.39, 0.29) is 35.6 Å². The van der Waals surface area contributed by atoms with Crippen molar-refractivity contribution in [3.63, 3.8) is 0 Å². The van der Waals surface area contributed by atoms with E-state index in [1.807, 2.05) is 0 Å². The maximum absolute atomic E-state index is 12.4. The molecule has 1 atom stereocenters. The molecule has 1 unspecified atom stereocenters. The Morgan fingerprint density at radius 2 is 2.00 bits per heavy atom. The van der Waals surface area contributed by atoms with Gasteiger partial charge in [0.05, 0.1) is 10.6 Å². The van der Waals surface area contributed by atoms with Crippen LogP contribution in [0.2, 0.25) is 5.02 Å². The van der Waals surface area contributed by atoms with Crippen molar-refractivity contribution < 1.29 is 9.59 Å². The smallest absolute Gasteiger partial charge is 0.252 e. The van der Waals surface area contributed by atoms with E-state index in [2.05, 4.69) is 16.0 Å². The predicted octanol–water partition coefficient (Wildman–Crippen LogP) is 2.45. The summed E-state index contributed by atoms with van der Waals surface area (Å²) < 4.78 is 0. The average molecular weight is 358 g/mol. The maximum Gasteiger partial charge on any atom is 0.252 e. The molecular weight excluding hydrogens is 337 g/mol. The van der Waals surface area contributed by atoms with Crippen LogP contribution < -0.4 is 16.0 Å². The predicted molar refractivity (Wildman–Crippen MR) is 93.4 cm³/mol. The minimum atomic E-state index is -0.237. The second-order valence-electron chi connectivity index (χ2n) is 6.13. The number of hydrogen-bond donors (Lipinski definition) is 3. The Morgan fingerprint density at radius 1 is 1.30 bits per heavy atom. The van der Waals surface area contributed by atoms with Crippen LogP contribution in [0.5, 0.6) is 0 Å². The summed E-state index contributed by atoms with van der Waals surface area (Å²) in [6.07, 6.45) is 3.12. The first-order valence-corrected chi connectivity index (χ1v) is 7.97. The molecule has 0 aromatic heterocycles. The van der Waals surface area contributed by atoms with Gasteiger partial charge in [0.2, 0.25) is 5.91 Å². The van der Waals surface area contributed by atoms with Crippen molar-refractivity contribution in [2.24, 2.45) is 11.3 Å². The molecule has 1 saturated carbocycles. The Labute approximate surface area is 146 Å². The molecule has 5 nitrogen and oxygen atoms in total. The zero-order chi connectivity index (χ0) is 15.7. The highest BCUT2D eigenvalue weighted by molar-refractivity contribution is 6.34. The van der Waals surface area contributed by atoms with Crippen molar-refractivity contribution in [1.82, 2.24) is 10.6 Å². The fourth-order valence-electron chi connectivity index (χ4n) is 3.34. The molecule has 1 spiro atoms. The van der Waals surface area contributed by atoms with Crippen molar-refractivity contribution in [3.8, 4) is 0 Å². The molecule has 3 N–H and O–H groups in total. The standard InChI is InChI=1S/C16H20ClN3O2.ClH/c1-18-14(21)11-3-2-10(8-13(11)17)20-15(22)12-9-16(12)4-6-19-7-5-16;/h2-3,8,12,19H,4-7,9H2,1H3,(H,18,21)(H,20,22);1H. The number of hydrogen-bond acceptors (Lipinski definition) is 3. The van der Waals surface area contributed by atoms with Crippen LogP contribution in [0.3, 0.4) is 0 Å². The van der Waals surface area contributed by atoms with E-state index in [9.17, 15) is 9.59 Å². The van der Waals surface area contributed by atoms with Crippen LogP contribution in [-0.4, -0.2) is 32.0 Å². The number of rotatable bonds is 3. The number of carbonyl (C=O) groups is 2. The third-order valence-corrected chi connectivity index (χ3v) is 5.13. The number of anilines is 1. The quantitative estimate of drug-likeness (QED) is 0.777. The van der Waals surface area contributed by atoms with Gasteiger partial charge >= 0.3 is 0 Å². The summed E-state index contributed by atoms with van der Waals surface area (Å²) in [7, 11) is 1.56. The minimum absolute atomic E-state index is 0. The van der Waals surface area contributed by atoms with Gasteiger partial charge in [0, 0.05) is 18.7 Å². The average Bonchev–Trinajstić information content (AvgIpc) is 3.21. The normalized spacial score (nSPS) is 21.2. The Bertz CT molecular complexity index is 615. The van der Waals surface area contributed by atoms with Gasteiger partial charge in [-0.2, -0.15) is 0 Å².